The molecule has 1 saturated carbocycles. The third-order valence-electron chi connectivity index (χ3n) is 4.02. The summed E-state index contributed by atoms with van der Waals surface area (Å²) in [5, 5.41) is 6.88. The molecule has 2 aromatic heterocycles. The minimum Gasteiger partial charge on any atom is -0.346 e. The molecule has 2 heterocycles. The van der Waals surface area contributed by atoms with Crippen LogP contribution in [0.2, 0.25) is 0 Å². The molecule has 1 aliphatic carbocycles. The zero-order valence-corrected chi connectivity index (χ0v) is 13.8. The van der Waals surface area contributed by atoms with Crippen LogP contribution in [0.4, 0.5) is 0 Å². The lowest BCUT2D eigenvalue weighted by molar-refractivity contribution is 0.0950. The predicted octanol–water partition coefficient (Wildman–Crippen LogP) is 2.64. The number of hydrogen-bond acceptors (Lipinski definition) is 6. The van der Waals surface area contributed by atoms with Crippen molar-refractivity contribution in [2.75, 3.05) is 0 Å². The lowest BCUT2D eigenvalue weighted by Gasteiger charge is -2.06. The fraction of sp³-hybridized carbons (Fsp3) is 0.278. The maximum absolute atomic E-state index is 12.4. The second-order valence-electron chi connectivity index (χ2n) is 6.09. The summed E-state index contributed by atoms with van der Waals surface area (Å²) in [6.45, 7) is 2.16. The highest BCUT2D eigenvalue weighted by molar-refractivity contribution is 5.95. The summed E-state index contributed by atoms with van der Waals surface area (Å²) in [5.41, 5.74) is 2.08. The molecule has 3 aromatic rings. The number of nitrogens with one attached hydrogen (secondary N) is 1. The molecule has 1 aromatic carbocycles. The third-order valence-corrected chi connectivity index (χ3v) is 4.02. The summed E-state index contributed by atoms with van der Waals surface area (Å²) >= 11 is 0. The van der Waals surface area contributed by atoms with Gasteiger partial charge >= 0.3 is 0 Å². The van der Waals surface area contributed by atoms with Crippen LogP contribution >= 0.6 is 0 Å². The molecule has 0 saturated heterocycles. The van der Waals surface area contributed by atoms with Crippen molar-refractivity contribution >= 4 is 5.91 Å². The molecular weight excluding hydrogens is 318 g/mol. The van der Waals surface area contributed by atoms with Crippen LogP contribution in [-0.4, -0.2) is 26.0 Å². The summed E-state index contributed by atoms with van der Waals surface area (Å²) < 4.78 is 5.28. The molecule has 0 bridgehead atoms. The molecule has 7 heteroatoms. The Bertz CT molecular complexity index is 917. The molecule has 1 amide bonds. The van der Waals surface area contributed by atoms with Crippen LogP contribution in [0.3, 0.4) is 0 Å². The van der Waals surface area contributed by atoms with Gasteiger partial charge in [-0.05, 0) is 38.0 Å². The highest BCUT2D eigenvalue weighted by Crippen LogP contribution is 2.39. The Morgan fingerprint density at radius 2 is 2.16 bits per heavy atom. The van der Waals surface area contributed by atoms with Crippen molar-refractivity contribution in [3.05, 3.63) is 59.5 Å². The molecule has 0 radical (unpaired) electrons. The van der Waals surface area contributed by atoms with E-state index in [4.69, 9.17) is 4.52 Å². The largest absolute Gasteiger partial charge is 0.346 e. The van der Waals surface area contributed by atoms with Gasteiger partial charge in [-0.3, -0.25) is 4.79 Å². The summed E-state index contributed by atoms with van der Waals surface area (Å²) in [7, 11) is 0. The maximum atomic E-state index is 12.4. The molecule has 1 N–H and O–H groups in total. The second kappa shape index (κ2) is 6.43. The highest BCUT2D eigenvalue weighted by Gasteiger charge is 2.29. The average molecular weight is 335 g/mol. The van der Waals surface area contributed by atoms with E-state index in [2.05, 4.69) is 25.4 Å². The van der Waals surface area contributed by atoms with Crippen LogP contribution in [0.1, 0.15) is 46.5 Å². The number of carbonyl (C=O) groups excluding carboxylic acids is 1. The van der Waals surface area contributed by atoms with E-state index >= 15 is 0 Å². The van der Waals surface area contributed by atoms with Crippen LogP contribution in [-0.2, 0) is 6.54 Å². The van der Waals surface area contributed by atoms with Crippen molar-refractivity contribution in [2.45, 2.75) is 32.2 Å². The summed E-state index contributed by atoms with van der Waals surface area (Å²) in [6.07, 6.45) is 3.89. The normalized spacial score (nSPS) is 13.6. The first-order valence-electron chi connectivity index (χ1n) is 8.20. The number of amides is 1. The first-order chi connectivity index (χ1) is 12.2. The van der Waals surface area contributed by atoms with Gasteiger partial charge < -0.3 is 9.84 Å². The van der Waals surface area contributed by atoms with Gasteiger partial charge in [-0.2, -0.15) is 4.98 Å². The van der Waals surface area contributed by atoms with Gasteiger partial charge in [-0.25, -0.2) is 9.97 Å². The lowest BCUT2D eigenvalue weighted by atomic mass is 10.1. The van der Waals surface area contributed by atoms with Gasteiger partial charge in [0, 0.05) is 23.2 Å². The molecule has 0 atom stereocenters. The van der Waals surface area contributed by atoms with Gasteiger partial charge in [0.25, 0.3) is 5.91 Å². The van der Waals surface area contributed by atoms with Crippen LogP contribution in [0.5, 0.6) is 0 Å². The zero-order chi connectivity index (χ0) is 17.2. The molecule has 1 fully saturated rings. The lowest BCUT2D eigenvalue weighted by Crippen LogP contribution is -2.23. The standard InChI is InChI=1S/C18H17N5O2/c1-11-19-8-7-15(21-11)10-20-17(24)14-4-2-3-13(9-14)16-22-18(25-23-16)12-5-6-12/h2-4,7-9,12H,5-6,10H2,1H3,(H,20,24). The fourth-order valence-electron chi connectivity index (χ4n) is 2.52. The van der Waals surface area contributed by atoms with E-state index in [0.29, 0.717) is 35.6 Å². The van der Waals surface area contributed by atoms with E-state index in [0.717, 1.165) is 24.1 Å². The molecule has 126 valence electrons. The number of nitrogens with zero attached hydrogens (tertiary/aromatic N) is 4. The third kappa shape index (κ3) is 3.55. The van der Waals surface area contributed by atoms with Crippen LogP contribution in [0.15, 0.2) is 41.1 Å². The van der Waals surface area contributed by atoms with Gasteiger partial charge in [0.15, 0.2) is 0 Å². The molecular formula is C18H17N5O2. The molecule has 1 aliphatic rings. The van der Waals surface area contributed by atoms with E-state index in [-0.39, 0.29) is 5.91 Å². The number of rotatable bonds is 5. The van der Waals surface area contributed by atoms with Crippen molar-refractivity contribution in [3.8, 4) is 11.4 Å². The van der Waals surface area contributed by atoms with Crippen LogP contribution < -0.4 is 5.32 Å². The quantitative estimate of drug-likeness (QED) is 0.770. The molecule has 0 aliphatic heterocycles. The Hall–Kier alpha value is -3.09. The Kier molecular flexibility index (Phi) is 3.97. The summed E-state index contributed by atoms with van der Waals surface area (Å²) in [4.78, 5) is 25.1. The van der Waals surface area contributed by atoms with Crippen molar-refractivity contribution < 1.29 is 9.32 Å². The average Bonchev–Trinajstić information content (AvgIpc) is 3.37. The van der Waals surface area contributed by atoms with Crippen molar-refractivity contribution in [2.24, 2.45) is 0 Å². The predicted molar refractivity (Wildman–Crippen MR) is 89.6 cm³/mol. The van der Waals surface area contributed by atoms with E-state index in [9.17, 15) is 4.79 Å². The molecule has 0 spiro atoms. The monoisotopic (exact) mass is 335 g/mol. The van der Waals surface area contributed by atoms with Crippen molar-refractivity contribution in [1.29, 1.82) is 0 Å². The van der Waals surface area contributed by atoms with Crippen molar-refractivity contribution in [3.63, 3.8) is 0 Å². The van der Waals surface area contributed by atoms with Gasteiger partial charge in [-0.15, -0.1) is 0 Å². The van der Waals surface area contributed by atoms with E-state index < -0.39 is 0 Å². The number of hydrogen-bond donors (Lipinski definition) is 1. The van der Waals surface area contributed by atoms with E-state index in [1.807, 2.05) is 19.1 Å². The number of carbonyl (C=O) groups is 1. The van der Waals surface area contributed by atoms with E-state index in [1.54, 1.807) is 24.4 Å². The first-order valence-corrected chi connectivity index (χ1v) is 8.20. The molecule has 7 nitrogen and oxygen atoms in total. The van der Waals surface area contributed by atoms with Crippen LogP contribution in [0.25, 0.3) is 11.4 Å². The SMILES string of the molecule is Cc1nccc(CNC(=O)c2cccc(-c3noc(C4CC4)n3)c2)n1. The second-order valence-corrected chi connectivity index (χ2v) is 6.09. The van der Waals surface area contributed by atoms with Crippen molar-refractivity contribution in [1.82, 2.24) is 25.4 Å². The Balaban J connectivity index is 1.47. The Morgan fingerprint density at radius 3 is 2.96 bits per heavy atom. The maximum Gasteiger partial charge on any atom is 0.251 e. The summed E-state index contributed by atoms with van der Waals surface area (Å²) in [6, 6.07) is 8.98. The minimum atomic E-state index is -0.177. The van der Waals surface area contributed by atoms with Gasteiger partial charge in [-0.1, -0.05) is 17.3 Å². The highest BCUT2D eigenvalue weighted by atomic mass is 16.5. The first kappa shape index (κ1) is 15.4. The number of aryl methyl sites for hydroxylation is 1. The fourth-order valence-corrected chi connectivity index (χ4v) is 2.52. The molecule has 0 unspecified atom stereocenters. The van der Waals surface area contributed by atoms with Gasteiger partial charge in [0.1, 0.15) is 5.82 Å². The van der Waals surface area contributed by atoms with E-state index in [1.165, 1.54) is 0 Å². The number of aromatic nitrogens is 4. The summed E-state index contributed by atoms with van der Waals surface area (Å²) in [5.74, 6) is 2.11. The van der Waals surface area contributed by atoms with Crippen LogP contribution in [0, 0.1) is 6.92 Å². The van der Waals surface area contributed by atoms with Gasteiger partial charge in [0.2, 0.25) is 11.7 Å². The molecule has 4 rings (SSSR count). The smallest absolute Gasteiger partial charge is 0.251 e. The molecule has 25 heavy (non-hydrogen) atoms. The Labute approximate surface area is 144 Å². The number of benzene rings is 1. The minimum absolute atomic E-state index is 0.177. The zero-order valence-electron chi connectivity index (χ0n) is 13.8. The Morgan fingerprint density at radius 1 is 1.28 bits per heavy atom. The van der Waals surface area contributed by atoms with Gasteiger partial charge in [0.05, 0.1) is 12.2 Å². The topological polar surface area (TPSA) is 93.8 Å².